The van der Waals surface area contributed by atoms with Crippen molar-refractivity contribution >= 4 is 10.2 Å². The van der Waals surface area contributed by atoms with Crippen LogP contribution in [-0.4, -0.2) is 50.9 Å². The Bertz CT molecular complexity index is 338. The summed E-state index contributed by atoms with van der Waals surface area (Å²) < 4.78 is 38.4. The molecule has 1 unspecified atom stereocenters. The second-order valence-corrected chi connectivity index (χ2v) is 6.14. The Balaban J connectivity index is 2.46. The molecule has 1 aliphatic rings. The predicted octanol–water partition coefficient (Wildman–Crippen LogP) is 0.314. The van der Waals surface area contributed by atoms with Crippen molar-refractivity contribution in [3.63, 3.8) is 0 Å². The molecule has 1 N–H and O–H groups in total. The molecule has 0 aromatic rings. The van der Waals surface area contributed by atoms with E-state index < -0.39 is 16.0 Å². The fourth-order valence-corrected chi connectivity index (χ4v) is 2.98. The third kappa shape index (κ3) is 4.18. The molecule has 0 saturated carbocycles. The standard InChI is InChI=1S/C10H22N2O4S/c1-5-12(6-2)17(13,14)11-7-9-8-15-10(3,4)16-9/h9,11H,5-8H2,1-4H3. The van der Waals surface area contributed by atoms with E-state index in [-0.39, 0.29) is 12.6 Å². The molecule has 1 aliphatic heterocycles. The number of rotatable bonds is 6. The van der Waals surface area contributed by atoms with E-state index in [2.05, 4.69) is 4.72 Å². The van der Waals surface area contributed by atoms with E-state index in [0.717, 1.165) is 0 Å². The molecule has 0 amide bonds. The lowest BCUT2D eigenvalue weighted by Gasteiger charge is -2.21. The number of hydrogen-bond donors (Lipinski definition) is 1. The minimum atomic E-state index is -3.40. The van der Waals surface area contributed by atoms with Gasteiger partial charge in [0.2, 0.25) is 0 Å². The van der Waals surface area contributed by atoms with E-state index in [9.17, 15) is 8.42 Å². The largest absolute Gasteiger partial charge is 0.348 e. The lowest BCUT2D eigenvalue weighted by molar-refractivity contribution is -0.137. The highest BCUT2D eigenvalue weighted by atomic mass is 32.2. The molecular formula is C10H22N2O4S. The topological polar surface area (TPSA) is 67.9 Å². The van der Waals surface area contributed by atoms with Gasteiger partial charge in [-0.25, -0.2) is 0 Å². The van der Waals surface area contributed by atoms with Crippen LogP contribution in [0, 0.1) is 0 Å². The second-order valence-electron chi connectivity index (χ2n) is 4.39. The first-order valence-corrected chi connectivity index (χ1v) is 7.31. The van der Waals surface area contributed by atoms with E-state index in [1.54, 1.807) is 13.8 Å². The van der Waals surface area contributed by atoms with Crippen LogP contribution in [0.25, 0.3) is 0 Å². The zero-order chi connectivity index (χ0) is 13.1. The Hall–Kier alpha value is -0.210. The summed E-state index contributed by atoms with van der Waals surface area (Å²) >= 11 is 0. The van der Waals surface area contributed by atoms with Gasteiger partial charge in [0.15, 0.2) is 5.79 Å². The van der Waals surface area contributed by atoms with Gasteiger partial charge < -0.3 is 9.47 Å². The highest BCUT2D eigenvalue weighted by molar-refractivity contribution is 7.87. The summed E-state index contributed by atoms with van der Waals surface area (Å²) in [6.45, 7) is 8.80. The molecule has 0 spiro atoms. The minimum Gasteiger partial charge on any atom is -0.348 e. The van der Waals surface area contributed by atoms with Crippen LogP contribution in [0.15, 0.2) is 0 Å². The molecule has 17 heavy (non-hydrogen) atoms. The minimum absolute atomic E-state index is 0.227. The summed E-state index contributed by atoms with van der Waals surface area (Å²) in [5.74, 6) is -0.620. The molecule has 0 bridgehead atoms. The fourth-order valence-electron chi connectivity index (χ4n) is 1.72. The van der Waals surface area contributed by atoms with E-state index in [4.69, 9.17) is 9.47 Å². The van der Waals surface area contributed by atoms with E-state index in [0.29, 0.717) is 19.7 Å². The molecule has 1 saturated heterocycles. The number of nitrogens with one attached hydrogen (secondary N) is 1. The molecule has 0 aromatic carbocycles. The average Bonchev–Trinajstić information content (AvgIpc) is 2.57. The first-order valence-electron chi connectivity index (χ1n) is 5.87. The maximum absolute atomic E-state index is 11.8. The van der Waals surface area contributed by atoms with E-state index in [1.165, 1.54) is 4.31 Å². The lowest BCUT2D eigenvalue weighted by Crippen LogP contribution is -2.44. The predicted molar refractivity (Wildman–Crippen MR) is 64.7 cm³/mol. The Morgan fingerprint density at radius 2 is 1.94 bits per heavy atom. The van der Waals surface area contributed by atoms with Crippen LogP contribution >= 0.6 is 0 Å². The van der Waals surface area contributed by atoms with Crippen molar-refractivity contribution in [1.29, 1.82) is 0 Å². The quantitative estimate of drug-likeness (QED) is 0.751. The molecule has 1 heterocycles. The second kappa shape index (κ2) is 5.62. The van der Waals surface area contributed by atoms with Crippen molar-refractivity contribution < 1.29 is 17.9 Å². The van der Waals surface area contributed by atoms with Gasteiger partial charge in [-0.3, -0.25) is 0 Å². The monoisotopic (exact) mass is 266 g/mol. The molecule has 1 rings (SSSR count). The summed E-state index contributed by atoms with van der Waals surface area (Å²) in [7, 11) is -3.40. The molecule has 1 fully saturated rings. The molecule has 102 valence electrons. The fraction of sp³-hybridized carbons (Fsp3) is 1.00. The maximum atomic E-state index is 11.8. The van der Waals surface area contributed by atoms with Crippen LogP contribution in [0.5, 0.6) is 0 Å². The van der Waals surface area contributed by atoms with E-state index >= 15 is 0 Å². The van der Waals surface area contributed by atoms with Crippen molar-refractivity contribution in [2.24, 2.45) is 0 Å². The zero-order valence-electron chi connectivity index (χ0n) is 10.9. The molecule has 0 radical (unpaired) electrons. The summed E-state index contributed by atoms with van der Waals surface area (Å²) in [6, 6.07) is 0. The van der Waals surface area contributed by atoms with Crippen molar-refractivity contribution in [1.82, 2.24) is 9.03 Å². The van der Waals surface area contributed by atoms with Crippen molar-refractivity contribution in [3.05, 3.63) is 0 Å². The van der Waals surface area contributed by atoms with Crippen LogP contribution < -0.4 is 4.72 Å². The summed E-state index contributed by atoms with van der Waals surface area (Å²) in [5.41, 5.74) is 0. The SMILES string of the molecule is CCN(CC)S(=O)(=O)NCC1COC(C)(C)O1. The molecule has 0 aromatic heterocycles. The molecule has 6 nitrogen and oxygen atoms in total. The first kappa shape index (κ1) is 14.8. The smallest absolute Gasteiger partial charge is 0.279 e. The maximum Gasteiger partial charge on any atom is 0.279 e. The molecule has 0 aliphatic carbocycles. The van der Waals surface area contributed by atoms with Gasteiger partial charge in [-0.1, -0.05) is 13.8 Å². The van der Waals surface area contributed by atoms with Gasteiger partial charge >= 0.3 is 0 Å². The van der Waals surface area contributed by atoms with Gasteiger partial charge in [0, 0.05) is 19.6 Å². The van der Waals surface area contributed by atoms with Gasteiger partial charge in [0.05, 0.1) is 12.7 Å². The Labute approximate surface area is 103 Å². The third-order valence-electron chi connectivity index (χ3n) is 2.61. The molecule has 1 atom stereocenters. The van der Waals surface area contributed by atoms with Crippen LogP contribution in [0.4, 0.5) is 0 Å². The van der Waals surface area contributed by atoms with Crippen molar-refractivity contribution in [2.45, 2.75) is 39.6 Å². The van der Waals surface area contributed by atoms with Gasteiger partial charge in [-0.2, -0.15) is 17.4 Å². The highest BCUT2D eigenvalue weighted by Crippen LogP contribution is 2.21. The molecular weight excluding hydrogens is 244 g/mol. The Kier molecular flexibility index (Phi) is 4.91. The van der Waals surface area contributed by atoms with Crippen molar-refractivity contribution in [3.8, 4) is 0 Å². The van der Waals surface area contributed by atoms with Gasteiger partial charge in [0.25, 0.3) is 10.2 Å². The summed E-state index contributed by atoms with van der Waals surface area (Å²) in [4.78, 5) is 0. The van der Waals surface area contributed by atoms with E-state index in [1.807, 2.05) is 13.8 Å². The van der Waals surface area contributed by atoms with Gasteiger partial charge in [-0.15, -0.1) is 0 Å². The highest BCUT2D eigenvalue weighted by Gasteiger charge is 2.33. The average molecular weight is 266 g/mol. The van der Waals surface area contributed by atoms with Crippen LogP contribution in [0.3, 0.4) is 0 Å². The number of hydrogen-bond acceptors (Lipinski definition) is 4. The van der Waals surface area contributed by atoms with Crippen LogP contribution in [-0.2, 0) is 19.7 Å². The van der Waals surface area contributed by atoms with Crippen LogP contribution in [0.1, 0.15) is 27.7 Å². The molecule has 7 heteroatoms. The Morgan fingerprint density at radius 3 is 2.35 bits per heavy atom. The van der Waals surface area contributed by atoms with Crippen LogP contribution in [0.2, 0.25) is 0 Å². The first-order chi connectivity index (χ1) is 7.80. The van der Waals surface area contributed by atoms with Gasteiger partial charge in [-0.05, 0) is 13.8 Å². The third-order valence-corrected chi connectivity index (χ3v) is 4.33. The number of nitrogens with zero attached hydrogens (tertiary/aromatic N) is 1. The summed E-state index contributed by atoms with van der Waals surface area (Å²) in [5, 5.41) is 0. The Morgan fingerprint density at radius 1 is 1.35 bits per heavy atom. The normalized spacial score (nSPS) is 24.4. The van der Waals surface area contributed by atoms with Crippen molar-refractivity contribution in [2.75, 3.05) is 26.2 Å². The summed E-state index contributed by atoms with van der Waals surface area (Å²) in [6.07, 6.45) is -0.227. The zero-order valence-corrected chi connectivity index (χ0v) is 11.7. The number of ether oxygens (including phenoxy) is 2. The lowest BCUT2D eigenvalue weighted by atomic mass is 10.4. The van der Waals surface area contributed by atoms with Gasteiger partial charge in [0.1, 0.15) is 0 Å².